The molecule has 28 heavy (non-hydrogen) atoms. The number of hydrogen-bond acceptors (Lipinski definition) is 6. The van der Waals surface area contributed by atoms with E-state index in [1.54, 1.807) is 0 Å². The highest BCUT2D eigenvalue weighted by Crippen LogP contribution is 2.26. The number of nitrogens with one attached hydrogen (secondary N) is 1. The molecule has 0 saturated carbocycles. The number of carbonyl (C=O) groups excluding carboxylic acids is 1. The van der Waals surface area contributed by atoms with Gasteiger partial charge in [0.15, 0.2) is 0 Å². The van der Waals surface area contributed by atoms with Gasteiger partial charge in [-0.05, 0) is 12.0 Å². The van der Waals surface area contributed by atoms with Crippen LogP contribution >= 0.6 is 0 Å². The van der Waals surface area contributed by atoms with Crippen molar-refractivity contribution in [3.05, 3.63) is 76.2 Å². The van der Waals surface area contributed by atoms with E-state index in [4.69, 9.17) is 4.52 Å². The molecule has 0 radical (unpaired) electrons. The smallest absolute Gasteiger partial charge is 0.270 e. The van der Waals surface area contributed by atoms with Gasteiger partial charge < -0.3 is 9.84 Å². The fraction of sp³-hybridized carbons (Fsp3) is 0.250. The molecule has 2 aromatic carbocycles. The van der Waals surface area contributed by atoms with Gasteiger partial charge in [-0.1, -0.05) is 61.8 Å². The summed E-state index contributed by atoms with van der Waals surface area (Å²) in [5.74, 6) is 0.320. The van der Waals surface area contributed by atoms with E-state index >= 15 is 0 Å². The van der Waals surface area contributed by atoms with Crippen LogP contribution in [0.5, 0.6) is 0 Å². The summed E-state index contributed by atoms with van der Waals surface area (Å²) in [5.41, 5.74) is 0.868. The summed E-state index contributed by atoms with van der Waals surface area (Å²) in [6, 6.07) is 14.5. The van der Waals surface area contributed by atoms with Gasteiger partial charge in [0.1, 0.15) is 6.04 Å². The average Bonchev–Trinajstić information content (AvgIpc) is 3.22. The Kier molecular flexibility index (Phi) is 5.78. The first-order valence-corrected chi connectivity index (χ1v) is 8.94. The third kappa shape index (κ3) is 4.22. The van der Waals surface area contributed by atoms with Crippen molar-refractivity contribution in [3.8, 4) is 11.4 Å². The Morgan fingerprint density at radius 2 is 1.96 bits per heavy atom. The number of nitro benzene ring substituents is 1. The average molecular weight is 380 g/mol. The van der Waals surface area contributed by atoms with E-state index in [-0.39, 0.29) is 17.2 Å². The molecule has 144 valence electrons. The number of carbonyl (C=O) groups is 1. The zero-order valence-electron chi connectivity index (χ0n) is 15.5. The van der Waals surface area contributed by atoms with Gasteiger partial charge in [-0.25, -0.2) is 0 Å². The molecule has 8 heteroatoms. The quantitative estimate of drug-likeness (QED) is 0.486. The Morgan fingerprint density at radius 3 is 2.64 bits per heavy atom. The van der Waals surface area contributed by atoms with E-state index in [1.165, 1.54) is 24.3 Å². The maximum Gasteiger partial charge on any atom is 0.270 e. The van der Waals surface area contributed by atoms with Crippen molar-refractivity contribution in [1.29, 1.82) is 0 Å². The highest BCUT2D eigenvalue weighted by molar-refractivity contribution is 5.95. The van der Waals surface area contributed by atoms with E-state index in [0.29, 0.717) is 11.7 Å². The first kappa shape index (κ1) is 19.2. The Balaban J connectivity index is 1.85. The predicted octanol–water partition coefficient (Wildman–Crippen LogP) is 4.16. The molecule has 1 N–H and O–H groups in total. The number of nitro groups is 1. The van der Waals surface area contributed by atoms with Crippen molar-refractivity contribution in [2.24, 2.45) is 5.92 Å². The van der Waals surface area contributed by atoms with Crippen LogP contribution in [0.4, 0.5) is 5.69 Å². The van der Waals surface area contributed by atoms with Crippen LogP contribution in [0.2, 0.25) is 0 Å². The molecule has 0 saturated heterocycles. The van der Waals surface area contributed by atoms with E-state index in [0.717, 1.165) is 12.0 Å². The summed E-state index contributed by atoms with van der Waals surface area (Å²) in [4.78, 5) is 27.5. The molecule has 0 aliphatic rings. The normalized spacial score (nSPS) is 12.9. The second-order valence-electron chi connectivity index (χ2n) is 6.47. The number of hydrogen-bond donors (Lipinski definition) is 1. The van der Waals surface area contributed by atoms with Gasteiger partial charge in [0.2, 0.25) is 11.7 Å². The molecule has 2 atom stereocenters. The largest absolute Gasteiger partial charge is 0.340 e. The third-order valence-electron chi connectivity index (χ3n) is 4.56. The Morgan fingerprint density at radius 1 is 1.21 bits per heavy atom. The lowest BCUT2D eigenvalue weighted by Crippen LogP contribution is -2.32. The molecule has 1 amide bonds. The van der Waals surface area contributed by atoms with Crippen molar-refractivity contribution in [1.82, 2.24) is 15.5 Å². The number of amides is 1. The highest BCUT2D eigenvalue weighted by Gasteiger charge is 2.27. The molecule has 0 bridgehead atoms. The first-order chi connectivity index (χ1) is 13.5. The standard InChI is InChI=1S/C20H20N4O4/c1-3-13(2)17(20-22-18(23-28-20)14-8-5-4-6-9-14)21-19(25)15-10-7-11-16(12-15)24(26)27/h4-13,17H,3H2,1-2H3,(H,21,25)/t13-,17+/m0/s1. The summed E-state index contributed by atoms with van der Waals surface area (Å²) in [6.45, 7) is 3.95. The van der Waals surface area contributed by atoms with Crippen LogP contribution in [0.1, 0.15) is 42.6 Å². The molecule has 8 nitrogen and oxygen atoms in total. The van der Waals surface area contributed by atoms with Crippen LogP contribution in [0.15, 0.2) is 59.1 Å². The molecule has 1 heterocycles. The van der Waals surface area contributed by atoms with Crippen LogP contribution < -0.4 is 5.32 Å². The van der Waals surface area contributed by atoms with Crippen LogP contribution in [0.25, 0.3) is 11.4 Å². The van der Waals surface area contributed by atoms with Crippen molar-refractivity contribution < 1.29 is 14.2 Å². The second kappa shape index (κ2) is 8.43. The number of aromatic nitrogens is 2. The minimum Gasteiger partial charge on any atom is -0.340 e. The summed E-state index contributed by atoms with van der Waals surface area (Å²) >= 11 is 0. The fourth-order valence-corrected chi connectivity index (χ4v) is 2.73. The highest BCUT2D eigenvalue weighted by atomic mass is 16.6. The zero-order valence-corrected chi connectivity index (χ0v) is 15.5. The van der Waals surface area contributed by atoms with Gasteiger partial charge in [-0.2, -0.15) is 4.98 Å². The fourth-order valence-electron chi connectivity index (χ4n) is 2.73. The van der Waals surface area contributed by atoms with Crippen molar-refractivity contribution in [3.63, 3.8) is 0 Å². The maximum absolute atomic E-state index is 12.7. The zero-order chi connectivity index (χ0) is 20.1. The molecule has 1 aromatic heterocycles. The summed E-state index contributed by atoms with van der Waals surface area (Å²) < 4.78 is 5.42. The van der Waals surface area contributed by atoms with E-state index < -0.39 is 16.9 Å². The molecular weight excluding hydrogens is 360 g/mol. The molecule has 3 rings (SSSR count). The summed E-state index contributed by atoms with van der Waals surface area (Å²) in [6.07, 6.45) is 0.767. The monoisotopic (exact) mass is 380 g/mol. The number of non-ortho nitro benzene ring substituents is 1. The van der Waals surface area contributed by atoms with Gasteiger partial charge in [-0.3, -0.25) is 14.9 Å². The lowest BCUT2D eigenvalue weighted by atomic mass is 9.98. The van der Waals surface area contributed by atoms with Gasteiger partial charge in [0.05, 0.1) is 4.92 Å². The molecule has 0 aliphatic heterocycles. The molecule has 0 unspecified atom stereocenters. The summed E-state index contributed by atoms with van der Waals surface area (Å²) in [5, 5.41) is 17.8. The van der Waals surface area contributed by atoms with Gasteiger partial charge in [0.25, 0.3) is 11.6 Å². The van der Waals surface area contributed by atoms with Crippen LogP contribution in [0.3, 0.4) is 0 Å². The number of benzene rings is 2. The Bertz CT molecular complexity index is 971. The van der Waals surface area contributed by atoms with Crippen LogP contribution in [-0.4, -0.2) is 21.0 Å². The minimum absolute atomic E-state index is 0.0201. The van der Waals surface area contributed by atoms with Gasteiger partial charge >= 0.3 is 0 Å². The SMILES string of the molecule is CC[C@H](C)[C@@H](NC(=O)c1cccc([N+](=O)[O-])c1)c1nc(-c2ccccc2)no1. The molecule has 3 aromatic rings. The number of rotatable bonds is 7. The third-order valence-corrected chi connectivity index (χ3v) is 4.56. The lowest BCUT2D eigenvalue weighted by molar-refractivity contribution is -0.384. The second-order valence-corrected chi connectivity index (χ2v) is 6.47. The topological polar surface area (TPSA) is 111 Å². The number of nitrogens with zero attached hydrogens (tertiary/aromatic N) is 3. The van der Waals surface area contributed by atoms with E-state index in [9.17, 15) is 14.9 Å². The lowest BCUT2D eigenvalue weighted by Gasteiger charge is -2.20. The van der Waals surface area contributed by atoms with Crippen molar-refractivity contribution >= 4 is 11.6 Å². The van der Waals surface area contributed by atoms with E-state index in [1.807, 2.05) is 44.2 Å². The van der Waals surface area contributed by atoms with Crippen LogP contribution in [-0.2, 0) is 0 Å². The van der Waals surface area contributed by atoms with Crippen LogP contribution in [0, 0.1) is 16.0 Å². The Hall–Kier alpha value is -3.55. The molecule has 0 fully saturated rings. The molecule has 0 aliphatic carbocycles. The van der Waals surface area contributed by atoms with E-state index in [2.05, 4.69) is 15.5 Å². The van der Waals surface area contributed by atoms with Crippen molar-refractivity contribution in [2.45, 2.75) is 26.3 Å². The van der Waals surface area contributed by atoms with Gasteiger partial charge in [-0.15, -0.1) is 0 Å². The first-order valence-electron chi connectivity index (χ1n) is 8.94. The Labute approximate surface area is 161 Å². The predicted molar refractivity (Wildman–Crippen MR) is 102 cm³/mol. The minimum atomic E-state index is -0.535. The summed E-state index contributed by atoms with van der Waals surface area (Å²) in [7, 11) is 0. The van der Waals surface area contributed by atoms with Crippen molar-refractivity contribution in [2.75, 3.05) is 0 Å². The molecular formula is C20H20N4O4. The van der Waals surface area contributed by atoms with Gasteiger partial charge in [0, 0.05) is 23.3 Å². The maximum atomic E-state index is 12.7. The molecule has 0 spiro atoms.